The van der Waals surface area contributed by atoms with Crippen LogP contribution in [0.5, 0.6) is 0 Å². The fourth-order valence-corrected chi connectivity index (χ4v) is 7.29. The monoisotopic (exact) mass is 1050 g/mol. The number of aliphatic hydroxyl groups excluding tert-OH is 1. The lowest BCUT2D eigenvalue weighted by Gasteiger charge is -2.30. The standard InChI is InChI=1S/C51H93N11O12/c1-16-19-20-21-22-23-35(64)60-51(15,18-3)48(74)55-28-38(67)58-41(32(8)9)45(71)61-49(11,12)46(72)53-25-36(65)52-26-37(66)57-40(31(6)7)44(70)62-50(13,14)47(73)54-27-39(68)59-42(33(10)17-2)43(69)56-34(29-63)24-30(4)5/h30-34,40-42,63H,16-29H2,1-15H3,(H,52,65)(H,53,72)(H,54,73)(H,55,74)(H,56,69)(H,57,66)(H,58,67)(H,59,68)(H,60,64)(H,61,71)(H,62,70)/t33-,34-,40-,41-,42-,51+/m0/s1. The van der Waals surface area contributed by atoms with E-state index in [4.69, 9.17) is 0 Å². The Bertz CT molecular complexity index is 1910. The maximum Gasteiger partial charge on any atom is 0.245 e. The zero-order chi connectivity index (χ0) is 57.1. The van der Waals surface area contributed by atoms with Gasteiger partial charge in [-0.15, -0.1) is 0 Å². The van der Waals surface area contributed by atoms with Gasteiger partial charge in [0.25, 0.3) is 0 Å². The van der Waals surface area contributed by atoms with Crippen molar-refractivity contribution in [2.75, 3.05) is 32.8 Å². The van der Waals surface area contributed by atoms with Crippen LogP contribution in [0.1, 0.15) is 162 Å². The highest BCUT2D eigenvalue weighted by Crippen LogP contribution is 2.14. The van der Waals surface area contributed by atoms with Gasteiger partial charge in [0.05, 0.1) is 38.8 Å². The van der Waals surface area contributed by atoms with Crippen LogP contribution in [0.2, 0.25) is 0 Å². The summed E-state index contributed by atoms with van der Waals surface area (Å²) in [5.41, 5.74) is -4.44. The van der Waals surface area contributed by atoms with Crippen molar-refractivity contribution in [3.8, 4) is 0 Å². The summed E-state index contributed by atoms with van der Waals surface area (Å²) < 4.78 is 0. The van der Waals surface area contributed by atoms with Crippen molar-refractivity contribution in [2.24, 2.45) is 23.7 Å². The number of rotatable bonds is 35. The van der Waals surface area contributed by atoms with Gasteiger partial charge in [-0.05, 0) is 77.6 Å². The van der Waals surface area contributed by atoms with Gasteiger partial charge < -0.3 is 63.6 Å². The Morgan fingerprint density at radius 2 is 0.878 bits per heavy atom. The van der Waals surface area contributed by atoms with E-state index in [1.54, 1.807) is 48.5 Å². The molecule has 23 nitrogen and oxygen atoms in total. The summed E-state index contributed by atoms with van der Waals surface area (Å²) in [5.74, 6) is -8.17. The molecular weight excluding hydrogens is 959 g/mol. The number of carbonyl (C=O) groups excluding carboxylic acids is 11. The maximum atomic E-state index is 13.4. The van der Waals surface area contributed by atoms with E-state index in [9.17, 15) is 57.8 Å². The fraction of sp³-hybridized carbons (Fsp3) is 0.784. The molecule has 74 heavy (non-hydrogen) atoms. The van der Waals surface area contributed by atoms with Gasteiger partial charge in [-0.25, -0.2) is 0 Å². The highest BCUT2D eigenvalue weighted by atomic mass is 16.3. The Balaban J connectivity index is 5.27. The predicted octanol–water partition coefficient (Wildman–Crippen LogP) is 0.222. The van der Waals surface area contributed by atoms with Crippen LogP contribution in [0, 0.1) is 23.7 Å². The first-order chi connectivity index (χ1) is 34.3. The summed E-state index contributed by atoms with van der Waals surface area (Å²) in [6, 6.07) is -3.73. The zero-order valence-electron chi connectivity index (χ0n) is 47.0. The van der Waals surface area contributed by atoms with Crippen LogP contribution in [0.25, 0.3) is 0 Å². The molecule has 0 aliphatic carbocycles. The third-order valence-corrected chi connectivity index (χ3v) is 12.5. The third kappa shape index (κ3) is 25.4. The van der Waals surface area contributed by atoms with Crippen LogP contribution >= 0.6 is 0 Å². The van der Waals surface area contributed by atoms with Gasteiger partial charge in [-0.3, -0.25) is 52.7 Å². The molecule has 0 aromatic heterocycles. The second kappa shape index (κ2) is 33.1. The average Bonchev–Trinajstić information content (AvgIpc) is 3.31. The molecule has 12 N–H and O–H groups in total. The molecule has 0 radical (unpaired) electrons. The summed E-state index contributed by atoms with van der Waals surface area (Å²) in [4.78, 5) is 144. The number of carbonyl (C=O) groups is 11. The predicted molar refractivity (Wildman–Crippen MR) is 280 cm³/mol. The summed E-state index contributed by atoms with van der Waals surface area (Å²) in [7, 11) is 0. The van der Waals surface area contributed by atoms with E-state index < -0.39 is 138 Å². The van der Waals surface area contributed by atoms with Gasteiger partial charge in [0.1, 0.15) is 34.7 Å². The molecular formula is C51H93N11O12. The van der Waals surface area contributed by atoms with Crippen molar-refractivity contribution in [3.63, 3.8) is 0 Å². The molecule has 11 amide bonds. The van der Waals surface area contributed by atoms with Crippen molar-refractivity contribution >= 4 is 65.0 Å². The van der Waals surface area contributed by atoms with E-state index in [0.29, 0.717) is 19.3 Å². The molecule has 0 saturated heterocycles. The Hall–Kier alpha value is -5.87. The molecule has 0 aromatic carbocycles. The Morgan fingerprint density at radius 3 is 1.28 bits per heavy atom. The van der Waals surface area contributed by atoms with Gasteiger partial charge >= 0.3 is 0 Å². The normalized spacial score (nSPS) is 14.4. The van der Waals surface area contributed by atoms with Crippen molar-refractivity contribution in [1.29, 1.82) is 0 Å². The average molecular weight is 1050 g/mol. The minimum Gasteiger partial charge on any atom is -0.394 e. The Labute approximate surface area is 439 Å². The first-order valence-corrected chi connectivity index (χ1v) is 26.2. The van der Waals surface area contributed by atoms with Crippen molar-refractivity contribution in [3.05, 3.63) is 0 Å². The van der Waals surface area contributed by atoms with Gasteiger partial charge in [0.15, 0.2) is 0 Å². The van der Waals surface area contributed by atoms with Crippen molar-refractivity contribution in [1.82, 2.24) is 58.5 Å². The minimum absolute atomic E-state index is 0.205. The molecule has 0 aromatic rings. The Morgan fingerprint density at radius 1 is 0.459 bits per heavy atom. The second-order valence-corrected chi connectivity index (χ2v) is 21.5. The third-order valence-electron chi connectivity index (χ3n) is 12.5. The minimum atomic E-state index is -1.60. The molecule has 424 valence electrons. The molecule has 0 spiro atoms. The van der Waals surface area contributed by atoms with Crippen molar-refractivity contribution in [2.45, 2.75) is 202 Å². The molecule has 0 aliphatic rings. The fourth-order valence-electron chi connectivity index (χ4n) is 7.29. The molecule has 0 rings (SSSR count). The van der Waals surface area contributed by atoms with Crippen LogP contribution in [0.15, 0.2) is 0 Å². The molecule has 0 unspecified atom stereocenters. The first-order valence-electron chi connectivity index (χ1n) is 26.2. The highest BCUT2D eigenvalue weighted by Gasteiger charge is 2.37. The highest BCUT2D eigenvalue weighted by molar-refractivity contribution is 5.99. The van der Waals surface area contributed by atoms with E-state index in [1.165, 1.54) is 27.7 Å². The molecule has 23 heteroatoms. The maximum absolute atomic E-state index is 13.4. The number of unbranched alkanes of at least 4 members (excludes halogenated alkanes) is 4. The molecule has 0 saturated carbocycles. The molecule has 0 aliphatic heterocycles. The van der Waals surface area contributed by atoms with Gasteiger partial charge in [-0.1, -0.05) is 101 Å². The quantitative estimate of drug-likeness (QED) is 0.0380. The number of hydrogen-bond donors (Lipinski definition) is 12. The lowest BCUT2D eigenvalue weighted by atomic mass is 9.97. The molecule has 0 fully saturated rings. The van der Waals surface area contributed by atoms with Crippen LogP contribution in [0.3, 0.4) is 0 Å². The lowest BCUT2D eigenvalue weighted by Crippen LogP contribution is -2.62. The van der Waals surface area contributed by atoms with E-state index >= 15 is 0 Å². The molecule has 0 bridgehead atoms. The number of nitrogens with one attached hydrogen (secondary N) is 11. The number of hydrogen-bond acceptors (Lipinski definition) is 12. The summed E-state index contributed by atoms with van der Waals surface area (Å²) in [6.45, 7) is 22.7. The van der Waals surface area contributed by atoms with Crippen LogP contribution in [-0.4, -0.2) is 144 Å². The topological polar surface area (TPSA) is 340 Å². The zero-order valence-corrected chi connectivity index (χ0v) is 47.0. The van der Waals surface area contributed by atoms with Gasteiger partial charge in [-0.2, -0.15) is 0 Å². The van der Waals surface area contributed by atoms with E-state index in [-0.39, 0.29) is 37.2 Å². The smallest absolute Gasteiger partial charge is 0.245 e. The van der Waals surface area contributed by atoms with Gasteiger partial charge in [0, 0.05) is 6.42 Å². The van der Waals surface area contributed by atoms with Crippen LogP contribution in [0.4, 0.5) is 0 Å². The van der Waals surface area contributed by atoms with Gasteiger partial charge in [0.2, 0.25) is 65.0 Å². The SMILES string of the molecule is CCCCCCCC(=O)N[C@](C)(CC)C(=O)NCC(=O)N[C@H](C(=O)NC(C)(C)C(=O)NCC(=O)NCC(=O)N[C@H](C(=O)NC(C)(C)C(=O)NCC(=O)N[C@H](C(=O)N[C@H](CO)CC(C)C)[C@@H](C)CC)C(C)C)C(C)C. The molecule has 6 atom stereocenters. The van der Waals surface area contributed by atoms with E-state index in [0.717, 1.165) is 25.7 Å². The Kier molecular flexibility index (Phi) is 30.5. The van der Waals surface area contributed by atoms with E-state index in [2.05, 4.69) is 65.4 Å². The van der Waals surface area contributed by atoms with Crippen LogP contribution in [-0.2, 0) is 52.7 Å². The lowest BCUT2D eigenvalue weighted by molar-refractivity contribution is -0.136. The van der Waals surface area contributed by atoms with Crippen molar-refractivity contribution < 1.29 is 57.8 Å². The van der Waals surface area contributed by atoms with Crippen LogP contribution < -0.4 is 58.5 Å². The summed E-state index contributed by atoms with van der Waals surface area (Å²) in [5, 5.41) is 37.9. The molecule has 0 heterocycles. The second-order valence-electron chi connectivity index (χ2n) is 21.5. The number of amides is 11. The van der Waals surface area contributed by atoms with E-state index in [1.807, 2.05) is 20.8 Å². The summed E-state index contributed by atoms with van der Waals surface area (Å²) >= 11 is 0. The largest absolute Gasteiger partial charge is 0.394 e. The number of aliphatic hydroxyl groups is 1. The summed E-state index contributed by atoms with van der Waals surface area (Å²) in [6.07, 6.45) is 6.44. The first kappa shape index (κ1) is 68.1.